The molecule has 0 aromatic rings. The van der Waals surface area contributed by atoms with Gasteiger partial charge in [-0.05, 0) is 110 Å². The van der Waals surface area contributed by atoms with Crippen molar-refractivity contribution >= 4 is 5.97 Å². The van der Waals surface area contributed by atoms with Gasteiger partial charge in [-0.2, -0.15) is 0 Å². The first-order valence-electron chi connectivity index (χ1n) is 13.8. The zero-order chi connectivity index (χ0) is 22.4. The standard InChI is InChI=1S/C29H50O2/c1-19(2)8-7-9-20(3)25-12-13-26-24-11-10-22-18-23(31-21(4)30)14-16-28(22,5)27(24)15-17-29(25,26)6/h19-20,22-27H,7-18H2,1-6H3/t20-,22+,23-,24+,25+,26-,27-,28+,29+/m1/s1. The summed E-state index contributed by atoms with van der Waals surface area (Å²) < 4.78 is 5.65. The highest BCUT2D eigenvalue weighted by molar-refractivity contribution is 5.66. The smallest absolute Gasteiger partial charge is 0.302 e. The molecule has 9 atom stereocenters. The van der Waals surface area contributed by atoms with Gasteiger partial charge in [0.05, 0.1) is 0 Å². The molecule has 0 amide bonds. The molecule has 4 rings (SSSR count). The van der Waals surface area contributed by atoms with Gasteiger partial charge in [-0.25, -0.2) is 0 Å². The maximum absolute atomic E-state index is 11.5. The van der Waals surface area contributed by atoms with Crippen LogP contribution in [0.3, 0.4) is 0 Å². The molecule has 0 aromatic heterocycles. The van der Waals surface area contributed by atoms with Gasteiger partial charge in [0.1, 0.15) is 6.10 Å². The Balaban J connectivity index is 1.43. The van der Waals surface area contributed by atoms with Crippen molar-refractivity contribution in [2.45, 2.75) is 125 Å². The zero-order valence-electron chi connectivity index (χ0n) is 21.4. The number of carbonyl (C=O) groups excluding carboxylic acids is 1. The lowest BCUT2D eigenvalue weighted by atomic mass is 9.44. The second-order valence-electron chi connectivity index (χ2n) is 13.2. The van der Waals surface area contributed by atoms with Gasteiger partial charge >= 0.3 is 5.97 Å². The minimum atomic E-state index is -0.0877. The molecule has 0 heterocycles. The van der Waals surface area contributed by atoms with E-state index in [1.54, 1.807) is 6.92 Å². The van der Waals surface area contributed by atoms with Crippen LogP contribution >= 0.6 is 0 Å². The lowest BCUT2D eigenvalue weighted by molar-refractivity contribution is -0.160. The van der Waals surface area contributed by atoms with Crippen LogP contribution < -0.4 is 0 Å². The molecule has 0 radical (unpaired) electrons. The third-order valence-electron chi connectivity index (χ3n) is 11.2. The third kappa shape index (κ3) is 4.35. The topological polar surface area (TPSA) is 26.3 Å². The first kappa shape index (κ1) is 23.6. The van der Waals surface area contributed by atoms with Crippen LogP contribution in [0.5, 0.6) is 0 Å². The minimum Gasteiger partial charge on any atom is -0.463 e. The van der Waals surface area contributed by atoms with Crippen molar-refractivity contribution in [1.82, 2.24) is 0 Å². The number of carbonyl (C=O) groups is 1. The third-order valence-corrected chi connectivity index (χ3v) is 11.2. The van der Waals surface area contributed by atoms with Crippen LogP contribution in [0.4, 0.5) is 0 Å². The van der Waals surface area contributed by atoms with E-state index in [1.807, 2.05) is 0 Å². The van der Waals surface area contributed by atoms with Gasteiger partial charge in [0, 0.05) is 6.92 Å². The summed E-state index contributed by atoms with van der Waals surface area (Å²) in [4.78, 5) is 11.5. The highest BCUT2D eigenvalue weighted by atomic mass is 16.5. The Morgan fingerprint density at radius 2 is 1.61 bits per heavy atom. The summed E-state index contributed by atoms with van der Waals surface area (Å²) in [5.41, 5.74) is 1.08. The van der Waals surface area contributed by atoms with Crippen molar-refractivity contribution in [3.05, 3.63) is 0 Å². The Labute approximate surface area is 192 Å². The van der Waals surface area contributed by atoms with Gasteiger partial charge in [-0.15, -0.1) is 0 Å². The van der Waals surface area contributed by atoms with Crippen LogP contribution in [0.15, 0.2) is 0 Å². The van der Waals surface area contributed by atoms with Gasteiger partial charge in [-0.1, -0.05) is 53.9 Å². The van der Waals surface area contributed by atoms with E-state index < -0.39 is 0 Å². The number of hydrogen-bond donors (Lipinski definition) is 0. The molecule has 0 spiro atoms. The van der Waals surface area contributed by atoms with Crippen molar-refractivity contribution in [2.24, 2.45) is 52.3 Å². The molecule has 4 aliphatic rings. The molecule has 2 heteroatoms. The van der Waals surface area contributed by atoms with Crippen molar-refractivity contribution in [3.8, 4) is 0 Å². The number of rotatable bonds is 6. The molecule has 178 valence electrons. The van der Waals surface area contributed by atoms with Crippen molar-refractivity contribution < 1.29 is 9.53 Å². The fourth-order valence-electron chi connectivity index (χ4n) is 9.59. The molecule has 4 saturated carbocycles. The Morgan fingerprint density at radius 3 is 2.32 bits per heavy atom. The normalized spacial score (nSPS) is 45.5. The average Bonchev–Trinajstić information content (AvgIpc) is 3.05. The molecule has 31 heavy (non-hydrogen) atoms. The Morgan fingerprint density at radius 1 is 0.903 bits per heavy atom. The zero-order valence-corrected chi connectivity index (χ0v) is 21.4. The summed E-state index contributed by atoms with van der Waals surface area (Å²) in [6, 6.07) is 0. The molecule has 0 unspecified atom stereocenters. The summed E-state index contributed by atoms with van der Waals surface area (Å²) in [6.07, 6.45) is 16.6. The fourth-order valence-corrected chi connectivity index (χ4v) is 9.59. The minimum absolute atomic E-state index is 0.0877. The van der Waals surface area contributed by atoms with E-state index in [0.717, 1.165) is 54.3 Å². The Bertz CT molecular complexity index is 641. The summed E-state index contributed by atoms with van der Waals surface area (Å²) in [6.45, 7) is 14.2. The maximum Gasteiger partial charge on any atom is 0.302 e. The molecular weight excluding hydrogens is 380 g/mol. The largest absolute Gasteiger partial charge is 0.463 e. The monoisotopic (exact) mass is 430 g/mol. The lowest BCUT2D eigenvalue weighted by Crippen LogP contribution is -2.54. The number of hydrogen-bond acceptors (Lipinski definition) is 2. The summed E-state index contributed by atoms with van der Waals surface area (Å²) in [7, 11) is 0. The van der Waals surface area contributed by atoms with Crippen LogP contribution in [0, 0.1) is 52.3 Å². The predicted octanol–water partition coefficient (Wildman–Crippen LogP) is 8.04. The SMILES string of the molecule is CC(=O)O[C@@H]1CC[C@@]2(C)[C@@H](CC[C@@H]3[C@H]2CC[C@]2(C)[C@@H]3CC[C@H]2[C@H](C)CCCC(C)C)C1. The Hall–Kier alpha value is -0.530. The molecule has 4 aliphatic carbocycles. The van der Waals surface area contributed by atoms with Crippen LogP contribution in [0.2, 0.25) is 0 Å². The molecule has 0 bridgehead atoms. The quantitative estimate of drug-likeness (QED) is 0.398. The van der Waals surface area contributed by atoms with E-state index in [9.17, 15) is 4.79 Å². The van der Waals surface area contributed by atoms with Crippen molar-refractivity contribution in [2.75, 3.05) is 0 Å². The second kappa shape index (κ2) is 9.02. The van der Waals surface area contributed by atoms with Crippen LogP contribution in [0.25, 0.3) is 0 Å². The summed E-state index contributed by atoms with van der Waals surface area (Å²) in [5, 5.41) is 0. The van der Waals surface area contributed by atoms with E-state index in [2.05, 4.69) is 34.6 Å². The molecule has 0 saturated heterocycles. The van der Waals surface area contributed by atoms with Crippen molar-refractivity contribution in [1.29, 1.82) is 0 Å². The van der Waals surface area contributed by atoms with Gasteiger partial charge < -0.3 is 4.74 Å². The van der Waals surface area contributed by atoms with E-state index in [-0.39, 0.29) is 12.1 Å². The van der Waals surface area contributed by atoms with E-state index in [1.165, 1.54) is 64.2 Å². The van der Waals surface area contributed by atoms with E-state index in [4.69, 9.17) is 4.74 Å². The highest BCUT2D eigenvalue weighted by Gasteiger charge is 2.60. The average molecular weight is 431 g/mol. The van der Waals surface area contributed by atoms with Gasteiger partial charge in [0.2, 0.25) is 0 Å². The summed E-state index contributed by atoms with van der Waals surface area (Å²) in [5.74, 6) is 6.22. The first-order valence-corrected chi connectivity index (χ1v) is 13.8. The lowest BCUT2D eigenvalue weighted by Gasteiger charge is -2.61. The van der Waals surface area contributed by atoms with Gasteiger partial charge in [-0.3, -0.25) is 4.79 Å². The number of esters is 1. The summed E-state index contributed by atoms with van der Waals surface area (Å²) >= 11 is 0. The van der Waals surface area contributed by atoms with E-state index >= 15 is 0 Å². The highest BCUT2D eigenvalue weighted by Crippen LogP contribution is 2.68. The van der Waals surface area contributed by atoms with Crippen LogP contribution in [-0.2, 0) is 9.53 Å². The van der Waals surface area contributed by atoms with Crippen LogP contribution in [-0.4, -0.2) is 12.1 Å². The molecular formula is C29H50O2. The Kier molecular flexibility index (Phi) is 6.87. The number of fused-ring (bicyclic) bond motifs is 5. The van der Waals surface area contributed by atoms with Crippen molar-refractivity contribution in [3.63, 3.8) is 0 Å². The first-order chi connectivity index (χ1) is 14.6. The molecule has 4 fully saturated rings. The van der Waals surface area contributed by atoms with Crippen LogP contribution in [0.1, 0.15) is 119 Å². The molecule has 0 aliphatic heterocycles. The molecule has 0 N–H and O–H groups in total. The molecule has 0 aromatic carbocycles. The number of ether oxygens (including phenoxy) is 1. The van der Waals surface area contributed by atoms with Gasteiger partial charge in [0.25, 0.3) is 0 Å². The van der Waals surface area contributed by atoms with E-state index in [0.29, 0.717) is 10.8 Å². The second-order valence-corrected chi connectivity index (χ2v) is 13.2. The van der Waals surface area contributed by atoms with Gasteiger partial charge in [0.15, 0.2) is 0 Å². The molecule has 2 nitrogen and oxygen atoms in total. The maximum atomic E-state index is 11.5. The predicted molar refractivity (Wildman–Crippen MR) is 129 cm³/mol. The fraction of sp³-hybridized carbons (Fsp3) is 0.966.